The summed E-state index contributed by atoms with van der Waals surface area (Å²) in [6.07, 6.45) is 23.4. The SMILES string of the molecule is C1=C\C=C/C=C\C=C\ON\N=N/N=C/C=C/C=C1. The Kier molecular flexibility index (Phi) is 8.04. The first-order valence-electron chi connectivity index (χ1n) is 5.32. The van der Waals surface area contributed by atoms with E-state index >= 15 is 0 Å². The zero-order valence-corrected chi connectivity index (χ0v) is 9.76. The van der Waals surface area contributed by atoms with E-state index in [0.717, 1.165) is 0 Å². The third-order valence-corrected chi connectivity index (χ3v) is 1.60. The minimum Gasteiger partial charge on any atom is -0.372 e. The molecule has 1 aliphatic rings. The van der Waals surface area contributed by atoms with Crippen molar-refractivity contribution >= 4 is 6.21 Å². The van der Waals surface area contributed by atoms with Crippen molar-refractivity contribution in [3.63, 3.8) is 0 Å². The highest BCUT2D eigenvalue weighted by Crippen LogP contribution is 1.85. The molecule has 0 atom stereocenters. The fourth-order valence-corrected chi connectivity index (χ4v) is 0.878. The maximum Gasteiger partial charge on any atom is 0.121 e. The number of nitrogens with one attached hydrogen (secondary N) is 1. The predicted molar refractivity (Wildman–Crippen MR) is 72.4 cm³/mol. The zero-order chi connectivity index (χ0) is 12.7. The molecule has 0 bridgehead atoms. The minimum absolute atomic E-state index is 1.44. The van der Waals surface area contributed by atoms with E-state index in [-0.39, 0.29) is 0 Å². The largest absolute Gasteiger partial charge is 0.372 e. The summed E-state index contributed by atoms with van der Waals surface area (Å²) >= 11 is 0. The molecular formula is C13H14N4O. The monoisotopic (exact) mass is 242 g/mol. The van der Waals surface area contributed by atoms with Crippen molar-refractivity contribution in [2.24, 2.45) is 15.5 Å². The van der Waals surface area contributed by atoms with Crippen LogP contribution in [0.5, 0.6) is 0 Å². The average Bonchev–Trinajstić information content (AvgIpc) is 2.39. The molecule has 5 nitrogen and oxygen atoms in total. The molecule has 0 saturated heterocycles. The highest BCUT2D eigenvalue weighted by molar-refractivity contribution is 5.71. The van der Waals surface area contributed by atoms with E-state index in [0.29, 0.717) is 0 Å². The van der Waals surface area contributed by atoms with Crippen LogP contribution in [-0.2, 0) is 4.84 Å². The highest BCUT2D eigenvalue weighted by Gasteiger charge is 1.71. The third kappa shape index (κ3) is 8.60. The molecule has 0 fully saturated rings. The Morgan fingerprint density at radius 3 is 1.89 bits per heavy atom. The van der Waals surface area contributed by atoms with Gasteiger partial charge in [-0.15, -0.1) is 10.7 Å². The Hall–Kier alpha value is -2.69. The Balaban J connectivity index is 2.58. The summed E-state index contributed by atoms with van der Waals surface area (Å²) in [6.45, 7) is 0. The first kappa shape index (κ1) is 13.4. The van der Waals surface area contributed by atoms with Gasteiger partial charge in [0.25, 0.3) is 0 Å². The Morgan fingerprint density at radius 1 is 0.667 bits per heavy atom. The molecule has 0 unspecified atom stereocenters. The van der Waals surface area contributed by atoms with Gasteiger partial charge in [0.15, 0.2) is 0 Å². The highest BCUT2D eigenvalue weighted by atomic mass is 16.7. The molecule has 0 amide bonds. The van der Waals surface area contributed by atoms with Gasteiger partial charge in [-0.05, 0) is 22.6 Å². The summed E-state index contributed by atoms with van der Waals surface area (Å²) < 4.78 is 0. The number of hydrogen-bond donors (Lipinski definition) is 1. The van der Waals surface area contributed by atoms with Crippen molar-refractivity contribution in [2.45, 2.75) is 0 Å². The van der Waals surface area contributed by atoms with Crippen molar-refractivity contribution < 1.29 is 4.84 Å². The van der Waals surface area contributed by atoms with Crippen LogP contribution in [0.1, 0.15) is 0 Å². The summed E-state index contributed by atoms with van der Waals surface area (Å²) in [4.78, 5) is 4.80. The summed E-state index contributed by atoms with van der Waals surface area (Å²) in [5.74, 6) is 0. The van der Waals surface area contributed by atoms with Gasteiger partial charge in [0, 0.05) is 0 Å². The van der Waals surface area contributed by atoms with E-state index in [9.17, 15) is 0 Å². The molecule has 0 radical (unpaired) electrons. The van der Waals surface area contributed by atoms with Crippen molar-refractivity contribution in [1.29, 1.82) is 0 Å². The van der Waals surface area contributed by atoms with Gasteiger partial charge in [0.1, 0.15) is 6.26 Å². The van der Waals surface area contributed by atoms with Crippen molar-refractivity contribution in [2.75, 3.05) is 0 Å². The number of hydrogen-bond acceptors (Lipinski definition) is 5. The lowest BCUT2D eigenvalue weighted by Crippen LogP contribution is -1.98. The van der Waals surface area contributed by atoms with Crippen LogP contribution in [0.2, 0.25) is 0 Å². The summed E-state index contributed by atoms with van der Waals surface area (Å²) in [7, 11) is 0. The van der Waals surface area contributed by atoms with E-state index in [4.69, 9.17) is 4.84 Å². The number of rotatable bonds is 0. The van der Waals surface area contributed by atoms with Gasteiger partial charge < -0.3 is 4.84 Å². The molecule has 0 spiro atoms. The quantitative estimate of drug-likeness (QED) is 0.709. The van der Waals surface area contributed by atoms with Gasteiger partial charge in [-0.2, -0.15) is 0 Å². The van der Waals surface area contributed by atoms with Crippen LogP contribution in [0.4, 0.5) is 0 Å². The summed E-state index contributed by atoms with van der Waals surface area (Å²) in [6, 6.07) is 0. The van der Waals surface area contributed by atoms with Crippen molar-refractivity contribution in [1.82, 2.24) is 5.59 Å². The first-order chi connectivity index (χ1) is 9.00. The molecule has 1 heterocycles. The Labute approximate surface area is 106 Å². The molecule has 0 saturated carbocycles. The third-order valence-electron chi connectivity index (χ3n) is 1.60. The van der Waals surface area contributed by atoms with Crippen molar-refractivity contribution in [3.8, 4) is 0 Å². The van der Waals surface area contributed by atoms with Gasteiger partial charge >= 0.3 is 0 Å². The lowest BCUT2D eigenvalue weighted by atomic mass is 10.3. The van der Waals surface area contributed by atoms with Crippen LogP contribution >= 0.6 is 0 Å². The van der Waals surface area contributed by atoms with Gasteiger partial charge in [-0.25, -0.2) is 0 Å². The Morgan fingerprint density at radius 2 is 1.22 bits per heavy atom. The molecule has 0 aromatic rings. The second-order valence-electron chi connectivity index (χ2n) is 2.92. The number of allylic oxidation sites excluding steroid dienone is 11. The van der Waals surface area contributed by atoms with Crippen LogP contribution in [0, 0.1) is 0 Å². The van der Waals surface area contributed by atoms with Crippen LogP contribution in [0.15, 0.2) is 88.6 Å². The number of nitrogens with zero attached hydrogens (tertiary/aromatic N) is 3. The topological polar surface area (TPSA) is 58.3 Å². The minimum atomic E-state index is 1.44. The van der Waals surface area contributed by atoms with E-state index in [1.54, 1.807) is 12.2 Å². The van der Waals surface area contributed by atoms with E-state index in [2.05, 4.69) is 21.1 Å². The molecule has 1 rings (SSSR count). The molecule has 5 heteroatoms. The van der Waals surface area contributed by atoms with Crippen LogP contribution in [-0.4, -0.2) is 6.21 Å². The average molecular weight is 242 g/mol. The van der Waals surface area contributed by atoms with E-state index in [1.165, 1.54) is 12.5 Å². The first-order valence-corrected chi connectivity index (χ1v) is 5.32. The summed E-state index contributed by atoms with van der Waals surface area (Å²) in [5.41, 5.74) is 2.25. The molecule has 92 valence electrons. The van der Waals surface area contributed by atoms with Gasteiger partial charge in [-0.3, -0.25) is 0 Å². The fourth-order valence-electron chi connectivity index (χ4n) is 0.878. The standard InChI is InChI=1S/C13H14N4O/c1-2-4-6-8-10-12-14-15-16-17-18-13-11-9-7-5-3-1/h1-13H,(H,15,17)/b2-1?,5-3-,6-4?,9-7-,10-8+,13-11+,14-12+. The zero-order valence-electron chi connectivity index (χ0n) is 9.76. The molecule has 0 aliphatic carbocycles. The molecular weight excluding hydrogens is 228 g/mol. The molecule has 1 aliphatic heterocycles. The fraction of sp³-hybridized carbons (Fsp3) is 0. The molecule has 1 N–H and O–H groups in total. The smallest absolute Gasteiger partial charge is 0.121 e. The second-order valence-corrected chi connectivity index (χ2v) is 2.92. The molecule has 0 aromatic carbocycles. The summed E-state index contributed by atoms with van der Waals surface area (Å²) in [5, 5.41) is 10.5. The Bertz CT molecular complexity index is 398. The van der Waals surface area contributed by atoms with Gasteiger partial charge in [0.05, 0.1) is 6.21 Å². The predicted octanol–water partition coefficient (Wildman–Crippen LogP) is 3.17. The molecule has 18 heavy (non-hydrogen) atoms. The normalized spacial score (nSPS) is 26.7. The lowest BCUT2D eigenvalue weighted by molar-refractivity contribution is 0.130. The maximum atomic E-state index is 4.80. The lowest BCUT2D eigenvalue weighted by Gasteiger charge is -1.91. The van der Waals surface area contributed by atoms with Crippen molar-refractivity contribution in [3.05, 3.63) is 73.1 Å². The van der Waals surface area contributed by atoms with Crippen LogP contribution in [0.3, 0.4) is 0 Å². The molecule has 0 aromatic heterocycles. The van der Waals surface area contributed by atoms with E-state index < -0.39 is 0 Å². The maximum absolute atomic E-state index is 4.80. The second kappa shape index (κ2) is 10.8. The van der Waals surface area contributed by atoms with E-state index in [1.807, 2.05) is 54.7 Å². The van der Waals surface area contributed by atoms with Gasteiger partial charge in [-0.1, -0.05) is 54.7 Å². The van der Waals surface area contributed by atoms with Crippen LogP contribution in [0.25, 0.3) is 0 Å². The van der Waals surface area contributed by atoms with Gasteiger partial charge in [0.2, 0.25) is 0 Å². The van der Waals surface area contributed by atoms with Crippen LogP contribution < -0.4 is 5.59 Å².